The molecule has 0 aromatic heterocycles. The molecule has 1 N–H and O–H groups in total. The predicted octanol–water partition coefficient (Wildman–Crippen LogP) is 16.4. The maximum Gasteiger partial charge on any atom is 0.0742 e. The first kappa shape index (κ1) is 39.9. The van der Waals surface area contributed by atoms with Gasteiger partial charge in [0.05, 0.1) is 33.6 Å². The fraction of sp³-hybridized carbons (Fsp3) is 0.0769. The summed E-state index contributed by atoms with van der Waals surface area (Å²) in [6, 6.07) is 94.2. The highest BCUT2D eigenvalue weighted by Crippen LogP contribution is 2.60. The maximum atomic E-state index is 3.91. The van der Waals surface area contributed by atoms with Crippen LogP contribution in [0.25, 0.3) is 0 Å². The Balaban J connectivity index is 0.959. The maximum absolute atomic E-state index is 3.91. The monoisotopic (exact) mass is 871 g/mol. The fourth-order valence-corrected chi connectivity index (χ4v) is 12.3. The van der Waals surface area contributed by atoms with Crippen molar-refractivity contribution >= 4 is 45.5 Å². The van der Waals surface area contributed by atoms with E-state index in [1.165, 1.54) is 78.4 Å². The average Bonchev–Trinajstić information content (AvgIpc) is 3.40. The summed E-state index contributed by atoms with van der Waals surface area (Å²) in [5, 5.41) is 3.91. The summed E-state index contributed by atoms with van der Waals surface area (Å²) in [4.78, 5) is 4.98. The van der Waals surface area contributed by atoms with Crippen molar-refractivity contribution in [3.63, 3.8) is 0 Å². The van der Waals surface area contributed by atoms with Gasteiger partial charge in [-0.1, -0.05) is 208 Å². The van der Waals surface area contributed by atoms with Crippen LogP contribution < -0.4 is 15.1 Å². The lowest BCUT2D eigenvalue weighted by Crippen LogP contribution is -2.38. The van der Waals surface area contributed by atoms with Gasteiger partial charge in [0, 0.05) is 28.2 Å². The molecule has 0 spiro atoms. The van der Waals surface area contributed by atoms with E-state index < -0.39 is 10.8 Å². The molecule has 0 saturated carbocycles. The summed E-state index contributed by atoms with van der Waals surface area (Å²) < 4.78 is 0. The van der Waals surface area contributed by atoms with Gasteiger partial charge in [0.1, 0.15) is 0 Å². The van der Waals surface area contributed by atoms with E-state index in [2.05, 4.69) is 284 Å². The molecule has 0 saturated heterocycles. The van der Waals surface area contributed by atoms with Gasteiger partial charge in [0.2, 0.25) is 0 Å². The molecular formula is C65H49N3. The van der Waals surface area contributed by atoms with Crippen LogP contribution in [0.15, 0.2) is 255 Å². The summed E-state index contributed by atoms with van der Waals surface area (Å²) in [6.45, 7) is 4.78. The topological polar surface area (TPSA) is 18.5 Å². The van der Waals surface area contributed by atoms with Crippen LogP contribution >= 0.6 is 0 Å². The van der Waals surface area contributed by atoms with Crippen molar-refractivity contribution < 1.29 is 0 Å². The van der Waals surface area contributed by atoms with Gasteiger partial charge in [-0.05, 0) is 116 Å². The molecule has 0 unspecified atom stereocenters. The normalized spacial score (nSPS) is 15.3. The van der Waals surface area contributed by atoms with Gasteiger partial charge in [-0.25, -0.2) is 0 Å². The summed E-state index contributed by atoms with van der Waals surface area (Å²) in [5.74, 6) is 0. The predicted molar refractivity (Wildman–Crippen MR) is 281 cm³/mol. The minimum absolute atomic E-state index is 0.360. The Kier molecular flexibility index (Phi) is 9.00. The third kappa shape index (κ3) is 5.60. The van der Waals surface area contributed by atoms with Gasteiger partial charge in [-0.15, -0.1) is 0 Å². The average molecular weight is 872 g/mol. The Labute approximate surface area is 399 Å². The summed E-state index contributed by atoms with van der Waals surface area (Å²) >= 11 is 0. The molecule has 0 aliphatic carbocycles. The zero-order chi connectivity index (χ0) is 45.5. The second-order valence-electron chi connectivity index (χ2n) is 18.9. The van der Waals surface area contributed by atoms with E-state index in [4.69, 9.17) is 0 Å². The molecule has 0 atom stereocenters. The molecule has 324 valence electrons. The molecule has 3 aliphatic rings. The Morgan fingerprint density at radius 1 is 0.279 bits per heavy atom. The van der Waals surface area contributed by atoms with Gasteiger partial charge in [0.25, 0.3) is 0 Å². The number of nitrogens with zero attached hydrogens (tertiary/aromatic N) is 2. The highest BCUT2D eigenvalue weighted by molar-refractivity contribution is 5.93. The van der Waals surface area contributed by atoms with Gasteiger partial charge in [-0.3, -0.25) is 0 Å². The van der Waals surface area contributed by atoms with E-state index in [1.54, 1.807) is 0 Å². The van der Waals surface area contributed by atoms with Crippen LogP contribution in [0.5, 0.6) is 0 Å². The number of para-hydroxylation sites is 4. The summed E-state index contributed by atoms with van der Waals surface area (Å²) in [7, 11) is 0. The first-order chi connectivity index (χ1) is 33.5. The number of anilines is 8. The van der Waals surface area contributed by atoms with Crippen molar-refractivity contribution in [3.8, 4) is 0 Å². The van der Waals surface area contributed by atoms with Gasteiger partial charge >= 0.3 is 0 Å². The Morgan fingerprint density at radius 2 is 0.544 bits per heavy atom. The zero-order valence-corrected chi connectivity index (χ0v) is 38.1. The SMILES string of the molecule is CC1(C)c2cc(N3c4ccccc4C(c4ccccc4)(c4ccccc4)c4ccccc43)ccc2Nc2ccc(N3c4ccccc4C(c4ccccc4)(c4ccccc4)c4ccccc43)cc21. The van der Waals surface area contributed by atoms with Crippen LogP contribution in [0.3, 0.4) is 0 Å². The smallest absolute Gasteiger partial charge is 0.0742 e. The summed E-state index contributed by atoms with van der Waals surface area (Å²) in [6.07, 6.45) is 0. The molecule has 13 rings (SSSR count). The molecular weight excluding hydrogens is 823 g/mol. The molecule has 3 heteroatoms. The van der Waals surface area contributed by atoms with Gasteiger partial charge < -0.3 is 15.1 Å². The molecule has 10 aromatic carbocycles. The minimum atomic E-state index is -0.524. The molecule has 68 heavy (non-hydrogen) atoms. The molecule has 3 nitrogen and oxygen atoms in total. The van der Waals surface area contributed by atoms with Gasteiger partial charge in [0.15, 0.2) is 0 Å². The zero-order valence-electron chi connectivity index (χ0n) is 38.1. The standard InChI is InChI=1S/C65H49N3/c1-63(2)55-43-49(67-59-35-19-15-31-51(59)64(45-23-7-3-8-24-45,46-25-9-4-10-26-46)52-32-16-20-36-60(52)67)39-41-57(55)66-58-42-40-50(44-56(58)63)68-61-37-21-17-33-53(61)65(47-27-11-5-12-28-47,48-29-13-6-14-30-48)54-34-18-22-38-62(54)68/h3-44,66H,1-2H3. The number of benzene rings is 10. The Bertz CT molecular complexity index is 3110. The molecule has 0 amide bonds. The highest BCUT2D eigenvalue weighted by atomic mass is 15.2. The van der Waals surface area contributed by atoms with E-state index in [1.807, 2.05) is 0 Å². The van der Waals surface area contributed by atoms with Crippen LogP contribution in [-0.4, -0.2) is 0 Å². The highest BCUT2D eigenvalue weighted by Gasteiger charge is 2.48. The Hall–Kier alpha value is -8.40. The van der Waals surface area contributed by atoms with E-state index in [0.29, 0.717) is 0 Å². The number of rotatable bonds is 6. The molecule has 0 bridgehead atoms. The van der Waals surface area contributed by atoms with Crippen molar-refractivity contribution in [1.29, 1.82) is 0 Å². The third-order valence-electron chi connectivity index (χ3n) is 15.2. The van der Waals surface area contributed by atoms with Crippen molar-refractivity contribution in [2.24, 2.45) is 0 Å². The molecule has 10 aromatic rings. The number of nitrogens with one attached hydrogen (secondary N) is 1. The lowest BCUT2D eigenvalue weighted by atomic mass is 9.62. The quantitative estimate of drug-likeness (QED) is 0.180. The third-order valence-corrected chi connectivity index (χ3v) is 15.2. The number of fused-ring (bicyclic) bond motifs is 6. The molecule has 0 radical (unpaired) electrons. The second-order valence-corrected chi connectivity index (χ2v) is 18.9. The fourth-order valence-electron chi connectivity index (χ4n) is 12.3. The molecule has 3 heterocycles. The molecule has 0 fully saturated rings. The van der Waals surface area contributed by atoms with E-state index >= 15 is 0 Å². The van der Waals surface area contributed by atoms with Crippen LogP contribution in [0.4, 0.5) is 45.5 Å². The van der Waals surface area contributed by atoms with Crippen LogP contribution in [0.2, 0.25) is 0 Å². The van der Waals surface area contributed by atoms with Crippen molar-refractivity contribution in [2.75, 3.05) is 15.1 Å². The molecule has 3 aliphatic heterocycles. The minimum Gasteiger partial charge on any atom is -0.355 e. The lowest BCUT2D eigenvalue weighted by Gasteiger charge is -2.47. The van der Waals surface area contributed by atoms with E-state index in [0.717, 1.165) is 22.7 Å². The first-order valence-electron chi connectivity index (χ1n) is 23.8. The van der Waals surface area contributed by atoms with Crippen LogP contribution in [-0.2, 0) is 16.2 Å². The van der Waals surface area contributed by atoms with Crippen molar-refractivity contribution in [2.45, 2.75) is 30.1 Å². The van der Waals surface area contributed by atoms with Crippen molar-refractivity contribution in [3.05, 3.63) is 310 Å². The van der Waals surface area contributed by atoms with E-state index in [9.17, 15) is 0 Å². The largest absolute Gasteiger partial charge is 0.355 e. The lowest BCUT2D eigenvalue weighted by molar-refractivity contribution is 0.638. The van der Waals surface area contributed by atoms with Crippen molar-refractivity contribution in [1.82, 2.24) is 0 Å². The summed E-state index contributed by atoms with van der Waals surface area (Å²) in [5.41, 5.74) is 20.3. The van der Waals surface area contributed by atoms with Gasteiger partial charge in [-0.2, -0.15) is 0 Å². The van der Waals surface area contributed by atoms with Crippen LogP contribution in [0, 0.1) is 0 Å². The number of hydrogen-bond acceptors (Lipinski definition) is 3. The second kappa shape index (κ2) is 15.3. The van der Waals surface area contributed by atoms with Crippen LogP contribution in [0.1, 0.15) is 69.5 Å². The first-order valence-corrected chi connectivity index (χ1v) is 23.8. The number of hydrogen-bond donors (Lipinski definition) is 1. The van der Waals surface area contributed by atoms with E-state index in [-0.39, 0.29) is 5.41 Å². The Morgan fingerprint density at radius 3 is 0.838 bits per heavy atom.